The van der Waals surface area contributed by atoms with E-state index in [9.17, 15) is 5.21 Å². The maximum atomic E-state index is 11.8. The van der Waals surface area contributed by atoms with Crippen LogP contribution in [0, 0.1) is 5.21 Å². The fourth-order valence-corrected chi connectivity index (χ4v) is 4.38. The summed E-state index contributed by atoms with van der Waals surface area (Å²) in [4.78, 5) is 6.90. The Morgan fingerprint density at radius 2 is 2.06 bits per heavy atom. The van der Waals surface area contributed by atoms with Crippen molar-refractivity contribution in [3.63, 3.8) is 0 Å². The molecule has 4 aromatic rings. The van der Waals surface area contributed by atoms with Crippen LogP contribution in [-0.4, -0.2) is 38.6 Å². The minimum Gasteiger partial charge on any atom is -0.618 e. The van der Waals surface area contributed by atoms with Gasteiger partial charge in [-0.05, 0) is 61.8 Å². The lowest BCUT2D eigenvalue weighted by atomic mass is 10.1. The summed E-state index contributed by atoms with van der Waals surface area (Å²) < 4.78 is 8.36. The van der Waals surface area contributed by atoms with Crippen LogP contribution >= 0.6 is 11.6 Å². The number of ether oxygens (including phenoxy) is 1. The van der Waals surface area contributed by atoms with Gasteiger partial charge in [0.05, 0.1) is 5.02 Å². The number of nitrogens with zero attached hydrogens (tertiary/aromatic N) is 5. The van der Waals surface area contributed by atoms with Crippen molar-refractivity contribution >= 4 is 28.6 Å². The average molecular weight is 480 g/mol. The summed E-state index contributed by atoms with van der Waals surface area (Å²) in [5.41, 5.74) is 9.40. The molecule has 0 unspecified atom stereocenters. The lowest BCUT2D eigenvalue weighted by molar-refractivity contribution is -0.616. The lowest BCUT2D eigenvalue weighted by Gasteiger charge is -2.29. The first-order valence-electron chi connectivity index (χ1n) is 11.2. The molecule has 34 heavy (non-hydrogen) atoms. The Kier molecular flexibility index (Phi) is 6.48. The Morgan fingerprint density at radius 1 is 1.21 bits per heavy atom. The fourth-order valence-electron chi connectivity index (χ4n) is 4.15. The molecule has 1 aliphatic heterocycles. The van der Waals surface area contributed by atoms with Crippen molar-refractivity contribution in [2.24, 2.45) is 5.73 Å². The Bertz CT molecular complexity index is 1290. The standard InChI is InChI=1S/C24H26ClN7O2/c25-21-13-19(4-5-22(21)34-15-20-3-1-2-9-32(20)33)29-24-23-17(6-12-31(23)28-16-27-24)14-30-10-7-18(26)8-11-30/h1-6,9,12-13,16,18H,7-8,10-11,14-15,26H2,(H,27,28,29). The molecule has 0 spiro atoms. The number of nitrogens with one attached hydrogen (secondary N) is 1. The van der Waals surface area contributed by atoms with Gasteiger partial charge in [-0.2, -0.15) is 9.83 Å². The van der Waals surface area contributed by atoms with Crippen LogP contribution in [0.2, 0.25) is 5.02 Å². The second-order valence-corrected chi connectivity index (χ2v) is 8.84. The Balaban J connectivity index is 1.32. The van der Waals surface area contributed by atoms with Gasteiger partial charge in [-0.3, -0.25) is 4.90 Å². The molecular weight excluding hydrogens is 454 g/mol. The third-order valence-corrected chi connectivity index (χ3v) is 6.33. The van der Waals surface area contributed by atoms with E-state index < -0.39 is 0 Å². The summed E-state index contributed by atoms with van der Waals surface area (Å²) in [7, 11) is 0. The molecule has 3 aromatic heterocycles. The first-order valence-corrected chi connectivity index (χ1v) is 11.6. The molecular formula is C24H26ClN7O2. The molecule has 0 atom stereocenters. The Labute approximate surface area is 202 Å². The fraction of sp³-hybridized carbons (Fsp3) is 0.292. The molecule has 5 rings (SSSR count). The van der Waals surface area contributed by atoms with Gasteiger partial charge in [0, 0.05) is 36.6 Å². The third-order valence-electron chi connectivity index (χ3n) is 6.04. The van der Waals surface area contributed by atoms with Crippen molar-refractivity contribution in [2.45, 2.75) is 32.0 Å². The van der Waals surface area contributed by atoms with E-state index >= 15 is 0 Å². The van der Waals surface area contributed by atoms with E-state index in [1.54, 1.807) is 30.3 Å². The summed E-state index contributed by atoms with van der Waals surface area (Å²) in [5, 5.41) is 20.0. The summed E-state index contributed by atoms with van der Waals surface area (Å²) in [6.45, 7) is 2.92. The maximum Gasteiger partial charge on any atom is 0.230 e. The number of piperidine rings is 1. The van der Waals surface area contributed by atoms with Gasteiger partial charge in [-0.1, -0.05) is 11.6 Å². The van der Waals surface area contributed by atoms with E-state index in [0.717, 1.165) is 54.0 Å². The average Bonchev–Trinajstić information content (AvgIpc) is 3.25. The quantitative estimate of drug-likeness (QED) is 0.309. The number of hydrogen-bond acceptors (Lipinski definition) is 7. The Hall–Kier alpha value is -3.40. The number of nitrogens with two attached hydrogens (primary N) is 1. The molecule has 0 radical (unpaired) electrons. The number of halogens is 1. The largest absolute Gasteiger partial charge is 0.618 e. The smallest absolute Gasteiger partial charge is 0.230 e. The predicted molar refractivity (Wildman–Crippen MR) is 130 cm³/mol. The van der Waals surface area contributed by atoms with Crippen LogP contribution in [0.25, 0.3) is 5.52 Å². The molecule has 1 aliphatic rings. The lowest BCUT2D eigenvalue weighted by Crippen LogP contribution is -2.39. The molecule has 0 saturated carbocycles. The number of pyridine rings is 1. The number of likely N-dealkylation sites (tertiary alicyclic amines) is 1. The third kappa shape index (κ3) is 4.91. The van der Waals surface area contributed by atoms with Crippen molar-refractivity contribution < 1.29 is 9.47 Å². The zero-order valence-corrected chi connectivity index (χ0v) is 19.4. The summed E-state index contributed by atoms with van der Waals surface area (Å²) in [6.07, 6.45) is 6.93. The van der Waals surface area contributed by atoms with Gasteiger partial charge in [-0.25, -0.2) is 9.50 Å². The molecule has 0 amide bonds. The monoisotopic (exact) mass is 479 g/mol. The molecule has 0 bridgehead atoms. The van der Waals surface area contributed by atoms with Gasteiger partial charge in [0.1, 0.15) is 17.6 Å². The van der Waals surface area contributed by atoms with Crippen LogP contribution in [0.5, 0.6) is 5.75 Å². The molecule has 0 aliphatic carbocycles. The van der Waals surface area contributed by atoms with Gasteiger partial charge in [0.25, 0.3) is 0 Å². The van der Waals surface area contributed by atoms with Gasteiger partial charge >= 0.3 is 0 Å². The molecule has 4 heterocycles. The number of rotatable bonds is 7. The topological polar surface area (TPSA) is 108 Å². The molecule has 1 aromatic carbocycles. The normalized spacial score (nSPS) is 15.0. The van der Waals surface area contributed by atoms with E-state index in [1.165, 1.54) is 12.5 Å². The van der Waals surface area contributed by atoms with Crippen LogP contribution in [0.1, 0.15) is 24.1 Å². The van der Waals surface area contributed by atoms with Crippen molar-refractivity contribution in [3.05, 3.63) is 82.7 Å². The Morgan fingerprint density at radius 3 is 2.85 bits per heavy atom. The first kappa shape index (κ1) is 22.4. The number of anilines is 2. The van der Waals surface area contributed by atoms with Crippen molar-refractivity contribution in [3.8, 4) is 5.75 Å². The zero-order valence-electron chi connectivity index (χ0n) is 18.6. The SMILES string of the molecule is NC1CCN(Cc2ccn3ncnc(Nc4ccc(OCc5cccc[n+]5[O-])c(Cl)c4)c23)CC1. The number of benzene rings is 1. The molecule has 176 valence electrons. The minimum atomic E-state index is 0.123. The van der Waals surface area contributed by atoms with Crippen LogP contribution in [0.4, 0.5) is 11.5 Å². The first-order chi connectivity index (χ1) is 16.6. The van der Waals surface area contributed by atoms with Crippen molar-refractivity contribution in [1.29, 1.82) is 0 Å². The minimum absolute atomic E-state index is 0.123. The highest BCUT2D eigenvalue weighted by Gasteiger charge is 2.19. The summed E-state index contributed by atoms with van der Waals surface area (Å²) in [5.74, 6) is 1.20. The van der Waals surface area contributed by atoms with Gasteiger partial charge in [-0.15, -0.1) is 0 Å². The van der Waals surface area contributed by atoms with Crippen LogP contribution < -0.4 is 20.5 Å². The number of hydrogen-bond donors (Lipinski definition) is 2. The van der Waals surface area contributed by atoms with E-state index in [-0.39, 0.29) is 6.61 Å². The second kappa shape index (κ2) is 9.84. The molecule has 1 fully saturated rings. The highest BCUT2D eigenvalue weighted by Crippen LogP contribution is 2.31. The van der Waals surface area contributed by atoms with E-state index in [0.29, 0.717) is 28.3 Å². The van der Waals surface area contributed by atoms with Crippen molar-refractivity contribution in [1.82, 2.24) is 19.5 Å². The van der Waals surface area contributed by atoms with Crippen LogP contribution in [0.3, 0.4) is 0 Å². The summed E-state index contributed by atoms with van der Waals surface area (Å²) >= 11 is 6.47. The molecule has 3 N–H and O–H groups in total. The number of fused-ring (bicyclic) bond motifs is 1. The molecule has 1 saturated heterocycles. The van der Waals surface area contributed by atoms with Gasteiger partial charge in [0.15, 0.2) is 18.6 Å². The van der Waals surface area contributed by atoms with E-state index in [2.05, 4.69) is 26.4 Å². The van der Waals surface area contributed by atoms with Gasteiger partial charge in [0.2, 0.25) is 5.69 Å². The van der Waals surface area contributed by atoms with Crippen LogP contribution in [0.15, 0.2) is 61.2 Å². The number of aromatic nitrogens is 4. The molecule has 9 nitrogen and oxygen atoms in total. The predicted octanol–water partition coefficient (Wildman–Crippen LogP) is 3.26. The van der Waals surface area contributed by atoms with E-state index in [1.807, 2.05) is 16.8 Å². The second-order valence-electron chi connectivity index (χ2n) is 8.43. The molecule has 10 heteroatoms. The van der Waals surface area contributed by atoms with Crippen molar-refractivity contribution in [2.75, 3.05) is 18.4 Å². The maximum absolute atomic E-state index is 11.8. The highest BCUT2D eigenvalue weighted by atomic mass is 35.5. The van der Waals surface area contributed by atoms with Gasteiger partial charge < -0.3 is 21.0 Å². The summed E-state index contributed by atoms with van der Waals surface area (Å²) in [6, 6.07) is 13.0. The zero-order chi connectivity index (χ0) is 23.5. The van der Waals surface area contributed by atoms with E-state index in [4.69, 9.17) is 22.1 Å². The van der Waals surface area contributed by atoms with Crippen LogP contribution in [-0.2, 0) is 13.2 Å². The highest BCUT2D eigenvalue weighted by molar-refractivity contribution is 6.32.